The lowest BCUT2D eigenvalue weighted by atomic mass is 10.2. The lowest BCUT2D eigenvalue weighted by Gasteiger charge is -2.29. The summed E-state index contributed by atoms with van der Waals surface area (Å²) < 4.78 is 22.1. The van der Waals surface area contributed by atoms with Crippen molar-refractivity contribution in [1.82, 2.24) is 0 Å². The first-order chi connectivity index (χ1) is 18.4. The van der Waals surface area contributed by atoms with Crippen molar-refractivity contribution in [2.45, 2.75) is 37.8 Å². The van der Waals surface area contributed by atoms with Crippen molar-refractivity contribution >= 4 is 11.9 Å². The first-order valence-corrected chi connectivity index (χ1v) is 13.0. The van der Waals surface area contributed by atoms with Crippen LogP contribution in [0, 0.1) is 0 Å². The van der Waals surface area contributed by atoms with E-state index in [1.807, 2.05) is 28.1 Å². The summed E-state index contributed by atoms with van der Waals surface area (Å²) in [6.45, 7) is 4.93. The summed E-state index contributed by atoms with van der Waals surface area (Å²) >= 11 is 0. The highest BCUT2D eigenvalue weighted by Gasteiger charge is 2.19. The van der Waals surface area contributed by atoms with Crippen LogP contribution in [0.5, 0.6) is 0 Å². The number of nitrogens with two attached hydrogens (primary N) is 1. The van der Waals surface area contributed by atoms with Gasteiger partial charge in [0.05, 0.1) is 107 Å². The Labute approximate surface area is 238 Å². The van der Waals surface area contributed by atoms with Gasteiger partial charge in [0.25, 0.3) is 0 Å². The van der Waals surface area contributed by atoms with Gasteiger partial charge < -0.3 is 73.9 Å². The molecule has 1 rings (SSSR count). The van der Waals surface area contributed by atoms with Crippen LogP contribution < -0.4 is 15.9 Å². The van der Waals surface area contributed by atoms with Crippen molar-refractivity contribution in [3.05, 3.63) is 0 Å². The van der Waals surface area contributed by atoms with Gasteiger partial charge in [-0.3, -0.25) is 0 Å². The number of aliphatic carboxylic acids is 2. The van der Waals surface area contributed by atoms with Crippen LogP contribution in [0.25, 0.3) is 0 Å². The molecule has 0 spiro atoms. The van der Waals surface area contributed by atoms with E-state index in [2.05, 4.69) is 26.9 Å². The van der Waals surface area contributed by atoms with Crippen molar-refractivity contribution in [2.24, 2.45) is 5.73 Å². The minimum absolute atomic E-state index is 0.0599. The molecule has 6 N–H and O–H groups in total. The number of carboxylic acids is 2. The molecule has 1 fully saturated rings. The number of quaternary nitrogens is 2. The fourth-order valence-electron chi connectivity index (χ4n) is 2.67. The Hall–Kier alpha value is -1.50. The van der Waals surface area contributed by atoms with Gasteiger partial charge >= 0.3 is 0 Å². The van der Waals surface area contributed by atoms with Crippen LogP contribution >= 0.6 is 0 Å². The lowest BCUT2D eigenvalue weighted by Crippen LogP contribution is -2.44. The maximum absolute atomic E-state index is 10.4. The molecule has 4 atom stereocenters. The molecule has 4 unspecified atom stereocenters. The third-order valence-corrected chi connectivity index (χ3v) is 4.47. The molecule has 0 amide bonds. The van der Waals surface area contributed by atoms with E-state index in [4.69, 9.17) is 49.3 Å². The van der Waals surface area contributed by atoms with Crippen LogP contribution in [-0.2, 0) is 28.5 Å². The molecule has 0 aliphatic carbocycles. The van der Waals surface area contributed by atoms with Gasteiger partial charge in [0, 0.05) is 18.9 Å². The lowest BCUT2D eigenvalue weighted by molar-refractivity contribution is -0.873. The number of aliphatic hydroxyl groups excluding tert-OH is 4. The molecular formula is C25H55N3O12. The Morgan fingerprint density at radius 3 is 1.93 bits per heavy atom. The molecule has 0 saturated carbocycles. The van der Waals surface area contributed by atoms with Gasteiger partial charge in [-0.15, -0.1) is 0 Å². The van der Waals surface area contributed by atoms with Crippen LogP contribution in [0.3, 0.4) is 0 Å². The Balaban J connectivity index is -0.000000480. The average molecular weight is 590 g/mol. The fourth-order valence-corrected chi connectivity index (χ4v) is 2.67. The van der Waals surface area contributed by atoms with Crippen molar-refractivity contribution in [1.29, 1.82) is 0 Å². The van der Waals surface area contributed by atoms with Gasteiger partial charge in [-0.05, 0) is 6.92 Å². The second-order valence-electron chi connectivity index (χ2n) is 11.1. The molecule has 1 aliphatic heterocycles. The van der Waals surface area contributed by atoms with E-state index in [1.165, 1.54) is 0 Å². The normalized spacial score (nSPS) is 18.5. The van der Waals surface area contributed by atoms with Gasteiger partial charge in [0.2, 0.25) is 0 Å². The van der Waals surface area contributed by atoms with Gasteiger partial charge in [0.15, 0.2) is 0 Å². The molecule has 0 radical (unpaired) electrons. The maximum atomic E-state index is 10.4. The molecule has 40 heavy (non-hydrogen) atoms. The number of aliphatic hydroxyl groups is 4. The van der Waals surface area contributed by atoms with Crippen molar-refractivity contribution in [3.63, 3.8) is 0 Å². The zero-order valence-electron chi connectivity index (χ0n) is 25.3. The maximum Gasteiger partial charge on any atom is 0.112 e. The van der Waals surface area contributed by atoms with E-state index in [-0.39, 0.29) is 58.2 Å². The summed E-state index contributed by atoms with van der Waals surface area (Å²) in [7, 11) is 12.1. The summed E-state index contributed by atoms with van der Waals surface area (Å²) in [5, 5.41) is 54.1. The zero-order valence-corrected chi connectivity index (χ0v) is 25.3. The third kappa shape index (κ3) is 36.5. The second kappa shape index (κ2) is 25.2. The molecular weight excluding hydrogens is 534 g/mol. The summed E-state index contributed by atoms with van der Waals surface area (Å²) in [4.78, 5) is 19.5. The molecule has 242 valence electrons. The highest BCUT2D eigenvalue weighted by molar-refractivity contribution is 5.66. The van der Waals surface area contributed by atoms with E-state index < -0.39 is 24.1 Å². The van der Waals surface area contributed by atoms with Crippen LogP contribution in [0.15, 0.2) is 0 Å². The topological polar surface area (TPSA) is 224 Å². The molecule has 0 bridgehead atoms. The number of ether oxygens (including phenoxy) is 4. The van der Waals surface area contributed by atoms with Gasteiger partial charge in [0.1, 0.15) is 31.4 Å². The monoisotopic (exact) mass is 589 g/mol. The Bertz CT molecular complexity index is 615. The first-order valence-electron chi connectivity index (χ1n) is 13.0. The molecule has 0 aromatic rings. The predicted octanol–water partition coefficient (Wildman–Crippen LogP) is -5.25. The molecule has 15 heteroatoms. The van der Waals surface area contributed by atoms with Crippen LogP contribution in [0.2, 0.25) is 0 Å². The van der Waals surface area contributed by atoms with E-state index in [0.29, 0.717) is 30.8 Å². The highest BCUT2D eigenvalue weighted by atomic mass is 16.6. The van der Waals surface area contributed by atoms with Crippen LogP contribution in [0.4, 0.5) is 0 Å². The van der Waals surface area contributed by atoms with Crippen molar-refractivity contribution in [2.75, 3.05) is 115 Å². The van der Waals surface area contributed by atoms with Crippen molar-refractivity contribution in [3.8, 4) is 0 Å². The molecule has 1 aliphatic rings. The quantitative estimate of drug-likeness (QED) is 0.0890. The average Bonchev–Trinajstić information content (AvgIpc) is 2.84. The summed E-state index contributed by atoms with van der Waals surface area (Å²) in [5.41, 5.74) is 4.51. The van der Waals surface area contributed by atoms with E-state index in [9.17, 15) is 9.90 Å². The van der Waals surface area contributed by atoms with Gasteiger partial charge in [-0.2, -0.15) is 0 Å². The molecule has 1 heterocycles. The van der Waals surface area contributed by atoms with E-state index in [0.717, 1.165) is 11.0 Å². The number of carboxylic acid groups (broad SMARTS) is 2. The number of hydrogen-bond donors (Lipinski definition) is 5. The van der Waals surface area contributed by atoms with Crippen LogP contribution in [-0.4, -0.2) is 181 Å². The van der Waals surface area contributed by atoms with Crippen molar-refractivity contribution < 1.29 is 68.1 Å². The minimum Gasteiger partial charge on any atom is -0.550 e. The first kappa shape index (κ1) is 43.0. The van der Waals surface area contributed by atoms with Crippen LogP contribution in [0.1, 0.15) is 13.3 Å². The highest BCUT2D eigenvalue weighted by Crippen LogP contribution is 2.06. The fraction of sp³-hybridized carbons (Fsp3) is 0.920. The standard InChI is InChI=1S/C9H19NO4.C8H20NO3.C6H12O3.C2H5NO2/c1-10(2,3)7-8(6-9(12)13)14-5-4-11;1-9(2,3)4-5-12-7-8(11)6-10;1-5-3-8-4-6(2-7)9-5;3-1-2(4)5/h8,11H,4-7H2,1-3H3;8,10-11H,4-7H2,1-3H3;5-7H,2-4H2,1H3;1,3H2,(H,4,5)/q;+1;;/p-1. The second-order valence-corrected chi connectivity index (χ2v) is 11.1. The summed E-state index contributed by atoms with van der Waals surface area (Å²) in [5.74, 6) is -2.34. The molecule has 0 aromatic heterocycles. The molecule has 15 nitrogen and oxygen atoms in total. The summed E-state index contributed by atoms with van der Waals surface area (Å²) in [6.07, 6.45) is -1.23. The van der Waals surface area contributed by atoms with E-state index >= 15 is 0 Å². The number of rotatable bonds is 15. The number of nitrogens with zero attached hydrogens (tertiary/aromatic N) is 2. The number of likely N-dealkylation sites (N-methyl/N-ethyl adjacent to an activating group) is 2. The Kier molecular flexibility index (Phi) is 27.1. The minimum atomic E-state index is -1.22. The largest absolute Gasteiger partial charge is 0.550 e. The Morgan fingerprint density at radius 2 is 1.57 bits per heavy atom. The summed E-state index contributed by atoms with van der Waals surface area (Å²) in [6, 6.07) is 0. The smallest absolute Gasteiger partial charge is 0.112 e. The SMILES string of the molecule is CC1COCC(CO)O1.C[N+](C)(C)CC(CC(=O)[O-])OCCO.C[N+](C)(C)CCOCC(O)CO.NCC(=O)[O-]. The van der Waals surface area contributed by atoms with E-state index in [1.54, 1.807) is 0 Å². The molecule has 1 saturated heterocycles. The Morgan fingerprint density at radius 1 is 1.00 bits per heavy atom. The van der Waals surface area contributed by atoms with Gasteiger partial charge in [-0.25, -0.2) is 0 Å². The number of carbonyl (C=O) groups excluding carboxylic acids is 2. The number of hydrogen-bond acceptors (Lipinski definition) is 13. The number of carbonyl (C=O) groups is 2. The molecule has 0 aromatic carbocycles. The third-order valence-electron chi connectivity index (χ3n) is 4.47. The van der Waals surface area contributed by atoms with Gasteiger partial charge in [-0.1, -0.05) is 0 Å². The predicted molar refractivity (Wildman–Crippen MR) is 142 cm³/mol. The zero-order chi connectivity index (χ0) is 31.8.